The van der Waals surface area contributed by atoms with Crippen LogP contribution in [0, 0.1) is 5.92 Å². The molecule has 5 heteroatoms. The molecule has 0 saturated carbocycles. The first kappa shape index (κ1) is 17.2. The van der Waals surface area contributed by atoms with Crippen molar-refractivity contribution in [2.45, 2.75) is 5.92 Å². The first-order valence-corrected chi connectivity index (χ1v) is 9.05. The van der Waals surface area contributed by atoms with Crippen molar-refractivity contribution in [2.24, 2.45) is 5.92 Å². The van der Waals surface area contributed by atoms with Crippen molar-refractivity contribution < 1.29 is 9.53 Å². The van der Waals surface area contributed by atoms with Crippen LogP contribution in [0.3, 0.4) is 0 Å². The van der Waals surface area contributed by atoms with E-state index in [0.717, 1.165) is 6.54 Å². The maximum Gasteiger partial charge on any atom is 0.229 e. The molecule has 3 aromatic rings. The molecule has 0 bridgehead atoms. The first-order valence-electron chi connectivity index (χ1n) is 9.05. The Balaban J connectivity index is 1.45. The number of aromatic nitrogens is 1. The average Bonchev–Trinajstić information content (AvgIpc) is 3.20. The van der Waals surface area contributed by atoms with Crippen molar-refractivity contribution in [1.29, 1.82) is 0 Å². The average molecular weight is 359 g/mol. The first-order chi connectivity index (χ1) is 13.3. The van der Waals surface area contributed by atoms with E-state index in [1.807, 2.05) is 54.6 Å². The predicted molar refractivity (Wildman–Crippen MR) is 105 cm³/mol. The maximum atomic E-state index is 12.9. The quantitative estimate of drug-likeness (QED) is 0.727. The third-order valence-electron chi connectivity index (χ3n) is 4.74. The van der Waals surface area contributed by atoms with E-state index < -0.39 is 0 Å². The SMILES string of the molecule is O=C(Nc1cccc(Oc2ccccn2)c1)[C@H]1CNC[C@@H]1c1ccccc1. The molecule has 0 spiro atoms. The molecule has 2 aromatic carbocycles. The fourth-order valence-electron chi connectivity index (χ4n) is 3.41. The summed E-state index contributed by atoms with van der Waals surface area (Å²) in [6.45, 7) is 1.49. The molecule has 0 radical (unpaired) electrons. The Morgan fingerprint density at radius 1 is 1.00 bits per heavy atom. The monoisotopic (exact) mass is 359 g/mol. The summed E-state index contributed by atoms with van der Waals surface area (Å²) in [7, 11) is 0. The number of carbonyl (C=O) groups excluding carboxylic acids is 1. The van der Waals surface area contributed by atoms with Gasteiger partial charge in [-0.1, -0.05) is 42.5 Å². The number of amides is 1. The van der Waals surface area contributed by atoms with Crippen LogP contribution in [-0.2, 0) is 4.79 Å². The third-order valence-corrected chi connectivity index (χ3v) is 4.74. The van der Waals surface area contributed by atoms with Crippen LogP contribution in [0.4, 0.5) is 5.69 Å². The van der Waals surface area contributed by atoms with E-state index in [1.54, 1.807) is 12.3 Å². The number of pyridine rings is 1. The molecule has 1 saturated heterocycles. The highest BCUT2D eigenvalue weighted by Crippen LogP contribution is 2.30. The fraction of sp³-hybridized carbons (Fsp3) is 0.182. The molecular weight excluding hydrogens is 338 g/mol. The molecule has 2 atom stereocenters. The molecule has 2 N–H and O–H groups in total. The van der Waals surface area contributed by atoms with E-state index in [-0.39, 0.29) is 17.7 Å². The van der Waals surface area contributed by atoms with Gasteiger partial charge in [-0.2, -0.15) is 0 Å². The number of rotatable bonds is 5. The van der Waals surface area contributed by atoms with Crippen LogP contribution in [-0.4, -0.2) is 24.0 Å². The van der Waals surface area contributed by atoms with Gasteiger partial charge in [0, 0.05) is 43.0 Å². The summed E-state index contributed by atoms with van der Waals surface area (Å²) in [6, 6.07) is 23.1. The van der Waals surface area contributed by atoms with Crippen molar-refractivity contribution in [3.05, 3.63) is 84.6 Å². The Kier molecular flexibility index (Phi) is 5.12. The molecule has 0 unspecified atom stereocenters. The molecule has 1 amide bonds. The maximum absolute atomic E-state index is 12.9. The van der Waals surface area contributed by atoms with E-state index >= 15 is 0 Å². The number of anilines is 1. The zero-order chi connectivity index (χ0) is 18.5. The number of nitrogens with one attached hydrogen (secondary N) is 2. The molecule has 2 heterocycles. The highest BCUT2D eigenvalue weighted by atomic mass is 16.5. The van der Waals surface area contributed by atoms with Gasteiger partial charge in [-0.15, -0.1) is 0 Å². The molecule has 27 heavy (non-hydrogen) atoms. The summed E-state index contributed by atoms with van der Waals surface area (Å²) < 4.78 is 5.74. The van der Waals surface area contributed by atoms with Crippen LogP contribution in [0.25, 0.3) is 0 Å². The summed E-state index contributed by atoms with van der Waals surface area (Å²) in [5, 5.41) is 6.37. The zero-order valence-electron chi connectivity index (χ0n) is 14.8. The number of carbonyl (C=O) groups is 1. The van der Waals surface area contributed by atoms with Crippen molar-refractivity contribution in [2.75, 3.05) is 18.4 Å². The van der Waals surface area contributed by atoms with Crippen molar-refractivity contribution in [3.8, 4) is 11.6 Å². The molecule has 4 rings (SSSR count). The molecule has 0 aliphatic carbocycles. The number of hydrogen-bond donors (Lipinski definition) is 2. The summed E-state index contributed by atoms with van der Waals surface area (Å²) in [4.78, 5) is 17.0. The van der Waals surface area contributed by atoms with Crippen LogP contribution in [0.5, 0.6) is 11.6 Å². The standard InChI is InChI=1S/C22H21N3O2/c26-22(20-15-23-14-19(20)16-7-2-1-3-8-16)25-17-9-6-10-18(13-17)27-21-11-4-5-12-24-21/h1-13,19-20,23H,14-15H2,(H,25,26)/t19-,20+/m1/s1. The van der Waals surface area contributed by atoms with Gasteiger partial charge in [-0.05, 0) is 23.8 Å². The molecule has 1 aliphatic heterocycles. The fourth-order valence-corrected chi connectivity index (χ4v) is 3.41. The van der Waals surface area contributed by atoms with Gasteiger partial charge < -0.3 is 15.4 Å². The highest BCUT2D eigenvalue weighted by Gasteiger charge is 2.33. The van der Waals surface area contributed by atoms with Gasteiger partial charge in [0.25, 0.3) is 0 Å². The van der Waals surface area contributed by atoms with Crippen LogP contribution in [0.2, 0.25) is 0 Å². The Bertz CT molecular complexity index is 900. The van der Waals surface area contributed by atoms with Crippen molar-refractivity contribution in [3.63, 3.8) is 0 Å². The predicted octanol–water partition coefficient (Wildman–Crippen LogP) is 3.82. The molecule has 1 aromatic heterocycles. The second-order valence-corrected chi connectivity index (χ2v) is 6.57. The largest absolute Gasteiger partial charge is 0.439 e. The van der Waals surface area contributed by atoms with Gasteiger partial charge in [0.2, 0.25) is 11.8 Å². The molecule has 1 fully saturated rings. The van der Waals surface area contributed by atoms with E-state index in [1.165, 1.54) is 5.56 Å². The molecule has 5 nitrogen and oxygen atoms in total. The van der Waals surface area contributed by atoms with E-state index in [9.17, 15) is 4.79 Å². The summed E-state index contributed by atoms with van der Waals surface area (Å²) >= 11 is 0. The lowest BCUT2D eigenvalue weighted by Crippen LogP contribution is -2.28. The lowest BCUT2D eigenvalue weighted by molar-refractivity contribution is -0.119. The Hall–Kier alpha value is -3.18. The van der Waals surface area contributed by atoms with Crippen molar-refractivity contribution in [1.82, 2.24) is 10.3 Å². The van der Waals surface area contributed by atoms with E-state index in [2.05, 4.69) is 27.8 Å². The Labute approximate surface area is 158 Å². The van der Waals surface area contributed by atoms with Gasteiger partial charge in [0.05, 0.1) is 5.92 Å². The van der Waals surface area contributed by atoms with Crippen LogP contribution in [0.1, 0.15) is 11.5 Å². The second-order valence-electron chi connectivity index (χ2n) is 6.57. The van der Waals surface area contributed by atoms with Crippen LogP contribution >= 0.6 is 0 Å². The third kappa shape index (κ3) is 4.15. The second kappa shape index (κ2) is 8.01. The zero-order valence-corrected chi connectivity index (χ0v) is 14.8. The molecular formula is C22H21N3O2. The highest BCUT2D eigenvalue weighted by molar-refractivity contribution is 5.93. The smallest absolute Gasteiger partial charge is 0.229 e. The minimum absolute atomic E-state index is 0.0174. The van der Waals surface area contributed by atoms with Crippen LogP contribution in [0.15, 0.2) is 79.0 Å². The minimum atomic E-state index is -0.104. The summed E-state index contributed by atoms with van der Waals surface area (Å²) in [5.74, 6) is 1.25. The lowest BCUT2D eigenvalue weighted by Gasteiger charge is -2.18. The van der Waals surface area contributed by atoms with E-state index in [4.69, 9.17) is 4.74 Å². The van der Waals surface area contributed by atoms with Gasteiger partial charge in [0.15, 0.2) is 0 Å². The van der Waals surface area contributed by atoms with Gasteiger partial charge in [-0.25, -0.2) is 4.98 Å². The topological polar surface area (TPSA) is 63.2 Å². The van der Waals surface area contributed by atoms with Crippen LogP contribution < -0.4 is 15.4 Å². The van der Waals surface area contributed by atoms with Gasteiger partial charge in [0.1, 0.15) is 5.75 Å². The lowest BCUT2D eigenvalue weighted by atomic mass is 9.88. The normalized spacial score (nSPS) is 18.8. The Morgan fingerprint density at radius 3 is 2.67 bits per heavy atom. The molecule has 136 valence electrons. The minimum Gasteiger partial charge on any atom is -0.439 e. The Morgan fingerprint density at radius 2 is 1.85 bits per heavy atom. The number of nitrogens with zero attached hydrogens (tertiary/aromatic N) is 1. The molecule has 1 aliphatic rings. The number of hydrogen-bond acceptors (Lipinski definition) is 4. The van der Waals surface area contributed by atoms with E-state index in [0.29, 0.717) is 23.9 Å². The number of benzene rings is 2. The van der Waals surface area contributed by atoms with Gasteiger partial charge >= 0.3 is 0 Å². The van der Waals surface area contributed by atoms with Gasteiger partial charge in [-0.3, -0.25) is 4.79 Å². The summed E-state index contributed by atoms with van der Waals surface area (Å²) in [5.41, 5.74) is 1.90. The number of ether oxygens (including phenoxy) is 1. The summed E-state index contributed by atoms with van der Waals surface area (Å²) in [6.07, 6.45) is 1.68. The van der Waals surface area contributed by atoms with Crippen molar-refractivity contribution >= 4 is 11.6 Å².